The molecule has 1 aromatic carbocycles. The average molecular weight is 306 g/mol. The first-order chi connectivity index (χ1) is 8.97. The Hall–Kier alpha value is -1.34. The summed E-state index contributed by atoms with van der Waals surface area (Å²) in [6, 6.07) is 1.84. The minimum Gasteiger partial charge on any atom is -0.379 e. The molecule has 8 heteroatoms. The first-order valence-corrected chi connectivity index (χ1v) is 6.61. The van der Waals surface area contributed by atoms with E-state index in [1.807, 2.05) is 0 Å². The Morgan fingerprint density at radius 1 is 1.53 bits per heavy atom. The predicted octanol–water partition coefficient (Wildman–Crippen LogP) is 1.66. The van der Waals surface area contributed by atoms with E-state index in [0.29, 0.717) is 17.3 Å². The van der Waals surface area contributed by atoms with E-state index in [1.165, 1.54) is 11.8 Å². The molecule has 0 fully saturated rings. The highest BCUT2D eigenvalue weighted by molar-refractivity contribution is 8.15. The molecule has 1 aliphatic rings. The number of benzene rings is 1. The van der Waals surface area contributed by atoms with Crippen molar-refractivity contribution in [2.45, 2.75) is 11.8 Å². The molecule has 1 heterocycles. The van der Waals surface area contributed by atoms with Crippen LogP contribution in [-0.2, 0) is 11.3 Å². The summed E-state index contributed by atoms with van der Waals surface area (Å²) in [5.41, 5.74) is 5.76. The van der Waals surface area contributed by atoms with Gasteiger partial charge in [0.25, 0.3) is 0 Å². The van der Waals surface area contributed by atoms with Crippen LogP contribution in [0.1, 0.15) is 5.56 Å². The molecule has 0 saturated heterocycles. The van der Waals surface area contributed by atoms with Crippen LogP contribution < -0.4 is 11.1 Å². The van der Waals surface area contributed by atoms with Crippen LogP contribution in [0.3, 0.4) is 0 Å². The average Bonchev–Trinajstić information content (AvgIpc) is 2.78. The molecule has 0 aromatic heterocycles. The molecular weight excluding hydrogens is 296 g/mol. The molecule has 1 amide bonds. The quantitative estimate of drug-likeness (QED) is 0.835. The maximum absolute atomic E-state index is 13.1. The van der Waals surface area contributed by atoms with Crippen molar-refractivity contribution >= 4 is 34.4 Å². The minimum atomic E-state index is -1.02. The van der Waals surface area contributed by atoms with Crippen LogP contribution in [-0.4, -0.2) is 22.9 Å². The lowest BCUT2D eigenvalue weighted by Crippen LogP contribution is -2.33. The number of thioether (sulfide) groups is 1. The zero-order valence-electron chi connectivity index (χ0n) is 9.62. The molecule has 1 unspecified atom stereocenters. The summed E-state index contributed by atoms with van der Waals surface area (Å²) in [5.74, 6) is -2.29. The molecule has 0 spiro atoms. The van der Waals surface area contributed by atoms with Gasteiger partial charge in [-0.3, -0.25) is 9.79 Å². The number of rotatable bonds is 3. The number of nitrogens with two attached hydrogens (primary N) is 1. The SMILES string of the molecule is NC1=NCC(C(=O)NCc2cc(F)c(F)cc2Cl)S1. The number of nitrogens with one attached hydrogen (secondary N) is 1. The van der Waals surface area contributed by atoms with Crippen LogP contribution in [0.15, 0.2) is 17.1 Å². The fourth-order valence-electron chi connectivity index (χ4n) is 1.53. The third kappa shape index (κ3) is 3.36. The standard InChI is InChI=1S/C11H10ClF2N3OS/c12-6-2-8(14)7(13)1-5(6)3-16-10(18)9-4-17-11(15)19-9/h1-2,9H,3-4H2,(H2,15,17)(H,16,18). The lowest BCUT2D eigenvalue weighted by Gasteiger charge is -2.10. The molecule has 0 bridgehead atoms. The van der Waals surface area contributed by atoms with Gasteiger partial charge < -0.3 is 11.1 Å². The second-order valence-electron chi connectivity index (χ2n) is 3.86. The van der Waals surface area contributed by atoms with Gasteiger partial charge in [0.05, 0.1) is 6.54 Å². The van der Waals surface area contributed by atoms with Crippen molar-refractivity contribution in [3.05, 3.63) is 34.4 Å². The van der Waals surface area contributed by atoms with Crippen molar-refractivity contribution in [2.75, 3.05) is 6.54 Å². The molecular formula is C11H10ClF2N3OS. The lowest BCUT2D eigenvalue weighted by atomic mass is 10.2. The molecule has 1 aliphatic heterocycles. The van der Waals surface area contributed by atoms with Gasteiger partial charge in [-0.1, -0.05) is 23.4 Å². The van der Waals surface area contributed by atoms with Gasteiger partial charge in [0, 0.05) is 11.6 Å². The number of carbonyl (C=O) groups excluding carboxylic acids is 1. The molecule has 19 heavy (non-hydrogen) atoms. The summed E-state index contributed by atoms with van der Waals surface area (Å²) < 4.78 is 25.9. The predicted molar refractivity (Wildman–Crippen MR) is 71.1 cm³/mol. The monoisotopic (exact) mass is 305 g/mol. The van der Waals surface area contributed by atoms with Gasteiger partial charge in [0.15, 0.2) is 16.8 Å². The third-order valence-corrected chi connectivity index (χ3v) is 3.88. The Kier molecular flexibility index (Phi) is 4.26. The Morgan fingerprint density at radius 2 is 2.21 bits per heavy atom. The summed E-state index contributed by atoms with van der Waals surface area (Å²) in [6.07, 6.45) is 0. The second kappa shape index (κ2) is 5.75. The van der Waals surface area contributed by atoms with Gasteiger partial charge >= 0.3 is 0 Å². The highest BCUT2D eigenvalue weighted by Crippen LogP contribution is 2.21. The molecule has 2 rings (SSSR count). The van der Waals surface area contributed by atoms with E-state index in [9.17, 15) is 13.6 Å². The molecule has 102 valence electrons. The van der Waals surface area contributed by atoms with Crippen LogP contribution in [0.5, 0.6) is 0 Å². The fraction of sp³-hybridized carbons (Fsp3) is 0.273. The number of amides is 1. The van der Waals surface area contributed by atoms with Crippen LogP contribution >= 0.6 is 23.4 Å². The van der Waals surface area contributed by atoms with Crippen molar-refractivity contribution in [2.24, 2.45) is 10.7 Å². The zero-order valence-corrected chi connectivity index (χ0v) is 11.2. The van der Waals surface area contributed by atoms with E-state index in [0.717, 1.165) is 12.1 Å². The van der Waals surface area contributed by atoms with E-state index in [1.54, 1.807) is 0 Å². The molecule has 4 nitrogen and oxygen atoms in total. The van der Waals surface area contributed by atoms with Gasteiger partial charge in [-0.15, -0.1) is 0 Å². The number of amidine groups is 1. The summed E-state index contributed by atoms with van der Waals surface area (Å²) in [4.78, 5) is 15.7. The first kappa shape index (κ1) is 14.1. The van der Waals surface area contributed by atoms with Crippen LogP contribution in [0.2, 0.25) is 5.02 Å². The smallest absolute Gasteiger partial charge is 0.235 e. The Balaban J connectivity index is 1.96. The van der Waals surface area contributed by atoms with Crippen LogP contribution in [0.4, 0.5) is 8.78 Å². The second-order valence-corrected chi connectivity index (χ2v) is 5.49. The van der Waals surface area contributed by atoms with Gasteiger partial charge in [-0.05, 0) is 17.7 Å². The number of aliphatic imine (C=N–C) groups is 1. The van der Waals surface area contributed by atoms with Crippen molar-refractivity contribution in [1.29, 1.82) is 0 Å². The topological polar surface area (TPSA) is 67.5 Å². The van der Waals surface area contributed by atoms with Gasteiger partial charge in [0.2, 0.25) is 5.91 Å². The third-order valence-electron chi connectivity index (χ3n) is 2.51. The number of hydrogen-bond acceptors (Lipinski definition) is 4. The van der Waals surface area contributed by atoms with Crippen molar-refractivity contribution in [3.8, 4) is 0 Å². The highest BCUT2D eigenvalue weighted by Gasteiger charge is 2.25. The van der Waals surface area contributed by atoms with Crippen molar-refractivity contribution < 1.29 is 13.6 Å². The first-order valence-electron chi connectivity index (χ1n) is 5.35. The Morgan fingerprint density at radius 3 is 2.84 bits per heavy atom. The molecule has 3 N–H and O–H groups in total. The van der Waals surface area contributed by atoms with Crippen molar-refractivity contribution in [3.63, 3.8) is 0 Å². The van der Waals surface area contributed by atoms with Gasteiger partial charge in [-0.2, -0.15) is 0 Å². The van der Waals surface area contributed by atoms with Crippen molar-refractivity contribution in [1.82, 2.24) is 5.32 Å². The largest absolute Gasteiger partial charge is 0.379 e. The van der Waals surface area contributed by atoms with Crippen LogP contribution in [0, 0.1) is 11.6 Å². The molecule has 0 radical (unpaired) electrons. The van der Waals surface area contributed by atoms with E-state index < -0.39 is 11.6 Å². The number of carbonyl (C=O) groups is 1. The highest BCUT2D eigenvalue weighted by atomic mass is 35.5. The van der Waals surface area contributed by atoms with E-state index in [-0.39, 0.29) is 22.7 Å². The van der Waals surface area contributed by atoms with Gasteiger partial charge in [-0.25, -0.2) is 8.78 Å². The summed E-state index contributed by atoms with van der Waals surface area (Å²) in [6.45, 7) is 0.333. The summed E-state index contributed by atoms with van der Waals surface area (Å²) in [5, 5.41) is 2.63. The molecule has 1 aromatic rings. The Labute approximate surface area is 117 Å². The van der Waals surface area contributed by atoms with Gasteiger partial charge in [0.1, 0.15) is 5.25 Å². The number of hydrogen-bond donors (Lipinski definition) is 2. The fourth-order valence-corrected chi connectivity index (χ4v) is 2.52. The maximum Gasteiger partial charge on any atom is 0.235 e. The zero-order chi connectivity index (χ0) is 14.0. The Bertz CT molecular complexity index is 553. The van der Waals surface area contributed by atoms with Crippen LogP contribution in [0.25, 0.3) is 0 Å². The molecule has 0 aliphatic carbocycles. The minimum absolute atomic E-state index is 0.0197. The number of nitrogens with zero attached hydrogens (tertiary/aromatic N) is 1. The lowest BCUT2D eigenvalue weighted by molar-refractivity contribution is -0.120. The molecule has 0 saturated carbocycles. The summed E-state index contributed by atoms with van der Waals surface area (Å²) >= 11 is 6.93. The normalized spacial score (nSPS) is 18.3. The van der Waals surface area contributed by atoms with E-state index >= 15 is 0 Å². The van der Waals surface area contributed by atoms with E-state index in [4.69, 9.17) is 17.3 Å². The molecule has 1 atom stereocenters. The van der Waals surface area contributed by atoms with E-state index in [2.05, 4.69) is 10.3 Å². The maximum atomic E-state index is 13.1. The number of halogens is 3. The summed E-state index contributed by atoms with van der Waals surface area (Å²) in [7, 11) is 0.